The Morgan fingerprint density at radius 1 is 1.00 bits per heavy atom. The lowest BCUT2D eigenvalue weighted by molar-refractivity contribution is 0.0631. The second kappa shape index (κ2) is 9.42. The van der Waals surface area contributed by atoms with E-state index in [4.69, 9.17) is 4.98 Å². The molecular formula is C26H24N4OS. The van der Waals surface area contributed by atoms with Crippen molar-refractivity contribution in [2.24, 2.45) is 0 Å². The molecule has 1 N–H and O–H groups in total. The fourth-order valence-electron chi connectivity index (χ4n) is 4.10. The van der Waals surface area contributed by atoms with Crippen molar-refractivity contribution in [2.75, 3.05) is 19.6 Å². The lowest BCUT2D eigenvalue weighted by atomic mass is 10.0. The molecule has 160 valence electrons. The Balaban J connectivity index is 1.52. The van der Waals surface area contributed by atoms with Gasteiger partial charge in [0.2, 0.25) is 0 Å². The minimum atomic E-state index is -0.00215. The number of aromatic nitrogens is 2. The molecule has 0 bridgehead atoms. The SMILES string of the molecule is O=C(c1nc(-c2cccnc2)sc1-c1ccccc1)N1CCNC[C@H]1Cc1ccccc1. The van der Waals surface area contributed by atoms with Crippen LogP contribution >= 0.6 is 11.3 Å². The number of rotatable bonds is 5. The number of thiazole rings is 1. The van der Waals surface area contributed by atoms with Crippen molar-refractivity contribution in [3.8, 4) is 21.0 Å². The number of carbonyl (C=O) groups excluding carboxylic acids is 1. The van der Waals surface area contributed by atoms with Crippen LogP contribution in [0.5, 0.6) is 0 Å². The van der Waals surface area contributed by atoms with Crippen LogP contribution in [-0.2, 0) is 6.42 Å². The molecule has 0 spiro atoms. The Morgan fingerprint density at radius 3 is 2.50 bits per heavy atom. The normalized spacial score (nSPS) is 16.1. The summed E-state index contributed by atoms with van der Waals surface area (Å²) in [5.74, 6) is -0.00215. The van der Waals surface area contributed by atoms with Crippen LogP contribution in [0.1, 0.15) is 16.1 Å². The van der Waals surface area contributed by atoms with E-state index in [9.17, 15) is 4.79 Å². The molecule has 1 aliphatic rings. The maximum Gasteiger partial charge on any atom is 0.274 e. The number of carbonyl (C=O) groups is 1. The van der Waals surface area contributed by atoms with Gasteiger partial charge < -0.3 is 10.2 Å². The van der Waals surface area contributed by atoms with E-state index in [1.54, 1.807) is 23.7 Å². The van der Waals surface area contributed by atoms with E-state index in [0.29, 0.717) is 12.2 Å². The molecule has 1 aliphatic heterocycles. The molecule has 5 rings (SSSR count). The Kier molecular flexibility index (Phi) is 6.05. The third kappa shape index (κ3) is 4.33. The summed E-state index contributed by atoms with van der Waals surface area (Å²) < 4.78 is 0. The van der Waals surface area contributed by atoms with Crippen LogP contribution in [0, 0.1) is 0 Å². The number of hydrogen-bond acceptors (Lipinski definition) is 5. The molecule has 0 aliphatic carbocycles. The maximum absolute atomic E-state index is 13.9. The topological polar surface area (TPSA) is 58.1 Å². The summed E-state index contributed by atoms with van der Waals surface area (Å²) in [5.41, 5.74) is 3.70. The van der Waals surface area contributed by atoms with Gasteiger partial charge in [-0.25, -0.2) is 4.98 Å². The predicted molar refractivity (Wildman–Crippen MR) is 129 cm³/mol. The number of nitrogens with one attached hydrogen (secondary N) is 1. The van der Waals surface area contributed by atoms with Gasteiger partial charge in [0.05, 0.1) is 4.88 Å². The van der Waals surface area contributed by atoms with Gasteiger partial charge in [-0.1, -0.05) is 60.7 Å². The molecule has 2 aromatic heterocycles. The van der Waals surface area contributed by atoms with Crippen molar-refractivity contribution in [2.45, 2.75) is 12.5 Å². The molecule has 32 heavy (non-hydrogen) atoms. The molecule has 1 atom stereocenters. The summed E-state index contributed by atoms with van der Waals surface area (Å²) in [7, 11) is 0. The van der Waals surface area contributed by atoms with Crippen molar-refractivity contribution in [3.05, 3.63) is 96.4 Å². The molecule has 4 aromatic rings. The highest BCUT2D eigenvalue weighted by molar-refractivity contribution is 7.18. The number of piperazine rings is 1. The Hall–Kier alpha value is -3.35. The number of benzene rings is 2. The summed E-state index contributed by atoms with van der Waals surface area (Å²) in [6.07, 6.45) is 4.36. The summed E-state index contributed by atoms with van der Waals surface area (Å²) in [6.45, 7) is 2.24. The lowest BCUT2D eigenvalue weighted by Crippen LogP contribution is -2.54. The first kappa shape index (κ1) is 20.5. The van der Waals surface area contributed by atoms with E-state index in [0.717, 1.165) is 40.5 Å². The third-order valence-corrected chi connectivity index (χ3v) is 6.85. The van der Waals surface area contributed by atoms with Gasteiger partial charge in [0.25, 0.3) is 5.91 Å². The zero-order chi connectivity index (χ0) is 21.8. The molecule has 1 amide bonds. The van der Waals surface area contributed by atoms with Crippen LogP contribution < -0.4 is 5.32 Å². The average Bonchev–Trinajstić information content (AvgIpc) is 3.31. The summed E-state index contributed by atoms with van der Waals surface area (Å²) in [6, 6.07) is 24.4. The standard InChI is InChI=1S/C26H24N4OS/c31-26(30-15-14-28-18-22(30)16-19-8-3-1-4-9-19)23-24(20-10-5-2-6-11-20)32-25(29-23)21-12-7-13-27-17-21/h1-13,17,22,28H,14-16,18H2/t22-/m1/s1. The highest BCUT2D eigenvalue weighted by atomic mass is 32.1. The Bertz CT molecular complexity index is 1180. The smallest absolute Gasteiger partial charge is 0.274 e. The van der Waals surface area contributed by atoms with Gasteiger partial charge in [0, 0.05) is 43.6 Å². The first-order valence-electron chi connectivity index (χ1n) is 10.8. The molecular weight excluding hydrogens is 416 g/mol. The van der Waals surface area contributed by atoms with E-state index in [1.165, 1.54) is 5.56 Å². The van der Waals surface area contributed by atoms with Crippen molar-refractivity contribution < 1.29 is 4.79 Å². The predicted octanol–water partition coefficient (Wildman–Crippen LogP) is 4.53. The minimum absolute atomic E-state index is 0.00215. The van der Waals surface area contributed by atoms with Crippen molar-refractivity contribution in [3.63, 3.8) is 0 Å². The average molecular weight is 441 g/mol. The van der Waals surface area contributed by atoms with E-state index < -0.39 is 0 Å². The molecule has 2 aromatic carbocycles. The van der Waals surface area contributed by atoms with Crippen LogP contribution in [0.2, 0.25) is 0 Å². The lowest BCUT2D eigenvalue weighted by Gasteiger charge is -2.36. The molecule has 0 unspecified atom stereocenters. The van der Waals surface area contributed by atoms with Crippen molar-refractivity contribution >= 4 is 17.2 Å². The second-order valence-electron chi connectivity index (χ2n) is 7.85. The van der Waals surface area contributed by atoms with Gasteiger partial charge in [-0.15, -0.1) is 11.3 Å². The molecule has 0 radical (unpaired) electrons. The zero-order valence-corrected chi connectivity index (χ0v) is 18.5. The number of pyridine rings is 1. The van der Waals surface area contributed by atoms with Gasteiger partial charge in [0.15, 0.2) is 0 Å². The Labute approximate surface area is 191 Å². The van der Waals surface area contributed by atoms with E-state index >= 15 is 0 Å². The summed E-state index contributed by atoms with van der Waals surface area (Å²) >= 11 is 1.55. The van der Waals surface area contributed by atoms with Gasteiger partial charge in [-0.2, -0.15) is 0 Å². The van der Waals surface area contributed by atoms with Crippen LogP contribution in [0.4, 0.5) is 0 Å². The van der Waals surface area contributed by atoms with Crippen LogP contribution in [0.25, 0.3) is 21.0 Å². The molecule has 1 fully saturated rings. The number of hydrogen-bond donors (Lipinski definition) is 1. The quantitative estimate of drug-likeness (QED) is 0.495. The molecule has 3 heterocycles. The fourth-order valence-corrected chi connectivity index (χ4v) is 5.15. The summed E-state index contributed by atoms with van der Waals surface area (Å²) in [4.78, 5) is 25.8. The highest BCUT2D eigenvalue weighted by Gasteiger charge is 2.31. The highest BCUT2D eigenvalue weighted by Crippen LogP contribution is 2.36. The van der Waals surface area contributed by atoms with Crippen LogP contribution in [-0.4, -0.2) is 46.5 Å². The van der Waals surface area contributed by atoms with Gasteiger partial charge in [-0.05, 0) is 29.7 Å². The first-order valence-corrected chi connectivity index (χ1v) is 11.6. The van der Waals surface area contributed by atoms with E-state index in [2.05, 4.69) is 22.4 Å². The molecule has 6 heteroatoms. The maximum atomic E-state index is 13.9. The van der Waals surface area contributed by atoms with Gasteiger partial charge in [0.1, 0.15) is 10.7 Å². The molecule has 1 saturated heterocycles. The monoisotopic (exact) mass is 440 g/mol. The third-order valence-electron chi connectivity index (χ3n) is 5.70. The van der Waals surface area contributed by atoms with Crippen molar-refractivity contribution in [1.82, 2.24) is 20.2 Å². The van der Waals surface area contributed by atoms with Gasteiger partial charge >= 0.3 is 0 Å². The van der Waals surface area contributed by atoms with E-state index in [1.807, 2.05) is 65.6 Å². The number of nitrogens with zero attached hydrogens (tertiary/aromatic N) is 3. The van der Waals surface area contributed by atoms with Crippen LogP contribution in [0.3, 0.4) is 0 Å². The van der Waals surface area contributed by atoms with Crippen LogP contribution in [0.15, 0.2) is 85.2 Å². The second-order valence-corrected chi connectivity index (χ2v) is 8.85. The number of amides is 1. The first-order chi connectivity index (χ1) is 15.8. The minimum Gasteiger partial charge on any atom is -0.331 e. The zero-order valence-electron chi connectivity index (χ0n) is 17.6. The molecule has 0 saturated carbocycles. The van der Waals surface area contributed by atoms with Crippen molar-refractivity contribution in [1.29, 1.82) is 0 Å². The van der Waals surface area contributed by atoms with Gasteiger partial charge in [-0.3, -0.25) is 9.78 Å². The Morgan fingerprint density at radius 2 is 1.75 bits per heavy atom. The van der Waals surface area contributed by atoms with E-state index in [-0.39, 0.29) is 11.9 Å². The molecule has 5 nitrogen and oxygen atoms in total. The largest absolute Gasteiger partial charge is 0.331 e. The summed E-state index contributed by atoms with van der Waals surface area (Å²) in [5, 5.41) is 4.26. The fraction of sp³-hybridized carbons (Fsp3) is 0.192.